The molecule has 0 aromatic carbocycles. The second-order valence-electron chi connectivity index (χ2n) is 19.9. The Morgan fingerprint density at radius 2 is 0.541 bits per heavy atom. The van der Waals surface area contributed by atoms with Crippen LogP contribution >= 0.6 is 0 Å². The SMILES string of the molecule is CC/C=C\C/C=C\C/C=C\C/C=C\C/C=C\C/C=C\C/C=C\C/C=C\C/C=C\CCCC(=O)OCC(COC(=O)CCCCCCCCCCCC)OC(=O)CCCCCCCCC/C=C\CCCCCCCC. The highest BCUT2D eigenvalue weighted by atomic mass is 16.6. The van der Waals surface area contributed by atoms with Crippen molar-refractivity contribution in [1.82, 2.24) is 0 Å². The van der Waals surface area contributed by atoms with Gasteiger partial charge in [-0.3, -0.25) is 14.4 Å². The number of hydrogen-bond acceptors (Lipinski definition) is 6. The van der Waals surface area contributed by atoms with Crippen LogP contribution in [0.5, 0.6) is 0 Å². The van der Waals surface area contributed by atoms with Gasteiger partial charge in [-0.05, 0) is 109 Å². The molecule has 0 saturated carbocycles. The molecule has 0 fully saturated rings. The predicted molar refractivity (Wildman–Crippen MR) is 320 cm³/mol. The molecule has 0 aliphatic rings. The molecule has 0 saturated heterocycles. The van der Waals surface area contributed by atoms with Crippen molar-refractivity contribution in [2.45, 2.75) is 277 Å². The molecule has 0 spiro atoms. The quantitative estimate of drug-likeness (QED) is 0.0261. The standard InChI is InChI=1S/C68H112O6/c1-4-7-10-13-16-19-22-24-26-28-29-30-31-32-33-34-35-36-37-38-39-41-42-44-46-49-52-55-58-61-67(70)73-64-65(63-72-66(69)60-57-54-51-48-21-18-15-12-9-6-3)74-68(71)62-59-56-53-50-47-45-43-40-27-25-23-20-17-14-11-8-5-2/h7,10,16,19,24-27,29-30,32-33,35-36,38-39,42,44,49,52,65H,4-6,8-9,11-15,17-18,20-23,28,31,34,37,40-41,43,45-48,50-51,53-64H2,1-3H3/b10-7-,19-16-,26-24-,27-25-,30-29-,33-32-,36-35-,39-38-,44-42-,52-49-. The van der Waals surface area contributed by atoms with Crippen LogP contribution in [0.15, 0.2) is 122 Å². The molecule has 1 unspecified atom stereocenters. The van der Waals surface area contributed by atoms with E-state index in [4.69, 9.17) is 14.2 Å². The number of carbonyl (C=O) groups is 3. The molecule has 420 valence electrons. The van der Waals surface area contributed by atoms with Gasteiger partial charge in [0.2, 0.25) is 0 Å². The lowest BCUT2D eigenvalue weighted by Gasteiger charge is -2.18. The zero-order valence-electron chi connectivity index (χ0n) is 48.1. The predicted octanol–water partition coefficient (Wildman–Crippen LogP) is 20.8. The number of allylic oxidation sites excluding steroid dienone is 20. The molecular weight excluding hydrogens is 913 g/mol. The second-order valence-corrected chi connectivity index (χ2v) is 19.9. The lowest BCUT2D eigenvalue weighted by Crippen LogP contribution is -2.30. The molecule has 0 bridgehead atoms. The number of esters is 3. The largest absolute Gasteiger partial charge is 0.462 e. The van der Waals surface area contributed by atoms with Crippen molar-refractivity contribution in [2.24, 2.45) is 0 Å². The zero-order valence-corrected chi connectivity index (χ0v) is 48.1. The molecule has 0 amide bonds. The van der Waals surface area contributed by atoms with E-state index in [-0.39, 0.29) is 37.5 Å². The van der Waals surface area contributed by atoms with Crippen LogP contribution in [0, 0.1) is 0 Å². The van der Waals surface area contributed by atoms with Crippen molar-refractivity contribution in [3.63, 3.8) is 0 Å². The Morgan fingerprint density at radius 1 is 0.284 bits per heavy atom. The fraction of sp³-hybridized carbons (Fsp3) is 0.662. The summed E-state index contributed by atoms with van der Waals surface area (Å²) in [5.41, 5.74) is 0. The molecule has 1 atom stereocenters. The first-order valence-corrected chi connectivity index (χ1v) is 30.5. The number of rotatable bonds is 54. The van der Waals surface area contributed by atoms with Gasteiger partial charge >= 0.3 is 17.9 Å². The smallest absolute Gasteiger partial charge is 0.306 e. The molecule has 0 N–H and O–H groups in total. The van der Waals surface area contributed by atoms with E-state index >= 15 is 0 Å². The molecule has 0 radical (unpaired) electrons. The number of hydrogen-bond donors (Lipinski definition) is 0. The van der Waals surface area contributed by atoms with Gasteiger partial charge in [-0.2, -0.15) is 0 Å². The van der Waals surface area contributed by atoms with Crippen molar-refractivity contribution in [3.05, 3.63) is 122 Å². The van der Waals surface area contributed by atoms with Crippen molar-refractivity contribution in [2.75, 3.05) is 13.2 Å². The fourth-order valence-corrected chi connectivity index (χ4v) is 8.14. The van der Waals surface area contributed by atoms with E-state index in [1.165, 1.54) is 122 Å². The fourth-order valence-electron chi connectivity index (χ4n) is 8.14. The highest BCUT2D eigenvalue weighted by Crippen LogP contribution is 2.15. The molecule has 0 aromatic heterocycles. The first-order chi connectivity index (χ1) is 36.5. The lowest BCUT2D eigenvalue weighted by molar-refractivity contribution is -0.167. The number of ether oxygens (including phenoxy) is 3. The summed E-state index contributed by atoms with van der Waals surface area (Å²) in [5.74, 6) is -0.965. The first-order valence-electron chi connectivity index (χ1n) is 30.5. The Kier molecular flexibility index (Phi) is 57.9. The summed E-state index contributed by atoms with van der Waals surface area (Å²) in [6.07, 6.45) is 84.9. The highest BCUT2D eigenvalue weighted by Gasteiger charge is 2.19. The summed E-state index contributed by atoms with van der Waals surface area (Å²) < 4.78 is 16.8. The molecule has 0 aliphatic carbocycles. The van der Waals surface area contributed by atoms with Crippen LogP contribution in [0.3, 0.4) is 0 Å². The van der Waals surface area contributed by atoms with Crippen LogP contribution in [0.25, 0.3) is 0 Å². The Bertz CT molecular complexity index is 1550. The van der Waals surface area contributed by atoms with E-state index in [2.05, 4.69) is 142 Å². The summed E-state index contributed by atoms with van der Waals surface area (Å²) in [7, 11) is 0. The van der Waals surface area contributed by atoms with Gasteiger partial charge < -0.3 is 14.2 Å². The van der Waals surface area contributed by atoms with Crippen molar-refractivity contribution in [3.8, 4) is 0 Å². The van der Waals surface area contributed by atoms with E-state index in [0.717, 1.165) is 103 Å². The van der Waals surface area contributed by atoms with Crippen molar-refractivity contribution >= 4 is 17.9 Å². The monoisotopic (exact) mass is 1020 g/mol. The zero-order chi connectivity index (χ0) is 53.6. The minimum absolute atomic E-state index is 0.0978. The van der Waals surface area contributed by atoms with Crippen LogP contribution in [0.1, 0.15) is 271 Å². The van der Waals surface area contributed by atoms with Crippen LogP contribution in [-0.4, -0.2) is 37.2 Å². The van der Waals surface area contributed by atoms with Crippen molar-refractivity contribution in [1.29, 1.82) is 0 Å². The highest BCUT2D eigenvalue weighted by molar-refractivity contribution is 5.71. The third-order valence-electron chi connectivity index (χ3n) is 12.7. The summed E-state index contributed by atoms with van der Waals surface area (Å²) in [4.78, 5) is 38.1. The Labute approximate surface area is 456 Å². The van der Waals surface area contributed by atoms with Gasteiger partial charge in [0.25, 0.3) is 0 Å². The molecule has 0 aliphatic heterocycles. The van der Waals surface area contributed by atoms with Crippen LogP contribution in [-0.2, 0) is 28.6 Å². The third-order valence-corrected chi connectivity index (χ3v) is 12.7. The summed E-state index contributed by atoms with van der Waals surface area (Å²) >= 11 is 0. The van der Waals surface area contributed by atoms with E-state index in [1.54, 1.807) is 0 Å². The van der Waals surface area contributed by atoms with Crippen molar-refractivity contribution < 1.29 is 28.6 Å². The van der Waals surface area contributed by atoms with E-state index in [0.29, 0.717) is 19.3 Å². The Balaban J connectivity index is 4.39. The molecule has 0 rings (SSSR count). The van der Waals surface area contributed by atoms with E-state index in [9.17, 15) is 14.4 Å². The van der Waals surface area contributed by atoms with Gasteiger partial charge in [0, 0.05) is 19.3 Å². The lowest BCUT2D eigenvalue weighted by atomic mass is 10.1. The molecule has 0 heterocycles. The first kappa shape index (κ1) is 69.8. The average molecular weight is 1030 g/mol. The van der Waals surface area contributed by atoms with Gasteiger partial charge in [0.05, 0.1) is 0 Å². The average Bonchev–Trinajstić information content (AvgIpc) is 3.40. The molecule has 74 heavy (non-hydrogen) atoms. The van der Waals surface area contributed by atoms with Gasteiger partial charge in [-0.25, -0.2) is 0 Å². The van der Waals surface area contributed by atoms with E-state index in [1.807, 2.05) is 0 Å². The maximum Gasteiger partial charge on any atom is 0.306 e. The minimum Gasteiger partial charge on any atom is -0.462 e. The maximum atomic E-state index is 12.9. The normalized spacial score (nSPS) is 13.0. The summed E-state index contributed by atoms with van der Waals surface area (Å²) in [5, 5.41) is 0. The molecular formula is C68H112O6. The summed E-state index contributed by atoms with van der Waals surface area (Å²) in [6, 6.07) is 0. The van der Waals surface area contributed by atoms with Gasteiger partial charge in [-0.15, -0.1) is 0 Å². The topological polar surface area (TPSA) is 78.9 Å². The second kappa shape index (κ2) is 61.4. The summed E-state index contributed by atoms with van der Waals surface area (Å²) in [6.45, 7) is 6.46. The molecule has 6 nitrogen and oxygen atoms in total. The number of carbonyl (C=O) groups excluding carboxylic acids is 3. The number of unbranched alkanes of at least 4 members (excludes halogenated alkanes) is 23. The third kappa shape index (κ3) is 58.7. The molecule has 0 aromatic rings. The van der Waals surface area contributed by atoms with Gasteiger partial charge in [-0.1, -0.05) is 264 Å². The van der Waals surface area contributed by atoms with Crippen LogP contribution in [0.2, 0.25) is 0 Å². The van der Waals surface area contributed by atoms with Crippen LogP contribution in [0.4, 0.5) is 0 Å². The Morgan fingerprint density at radius 3 is 0.892 bits per heavy atom. The minimum atomic E-state index is -0.804. The van der Waals surface area contributed by atoms with Crippen LogP contribution < -0.4 is 0 Å². The molecule has 6 heteroatoms. The van der Waals surface area contributed by atoms with Gasteiger partial charge in [0.15, 0.2) is 6.10 Å². The van der Waals surface area contributed by atoms with Gasteiger partial charge in [0.1, 0.15) is 13.2 Å². The Hall–Kier alpha value is -4.19. The maximum absolute atomic E-state index is 12.9. The van der Waals surface area contributed by atoms with E-state index < -0.39 is 6.10 Å².